The number of hydrogen-bond acceptors (Lipinski definition) is 3. The van der Waals surface area contributed by atoms with Gasteiger partial charge in [-0.3, -0.25) is 10.1 Å². The molecule has 0 aromatic heterocycles. The maximum Gasteiger partial charge on any atom is 0.292 e. The first-order valence-corrected chi connectivity index (χ1v) is 6.37. The number of nitro groups is 1. The summed E-state index contributed by atoms with van der Waals surface area (Å²) in [4.78, 5) is 10.5. The fourth-order valence-corrected chi connectivity index (χ4v) is 2.33. The predicted molar refractivity (Wildman–Crippen MR) is 71.2 cm³/mol. The molecule has 2 rings (SSSR count). The molecule has 0 heterocycles. The molecule has 1 atom stereocenters. The van der Waals surface area contributed by atoms with Crippen LogP contribution in [0.1, 0.15) is 20.3 Å². The standard InChI is InChI=1S/C12H15BrN2O2/c1-12(2)6-8(12)7-14-10-5-9(13)3-4-11(10)15(16)17/h3-5,8,14H,6-7H2,1-2H3. The zero-order valence-corrected chi connectivity index (χ0v) is 11.5. The van der Waals surface area contributed by atoms with Gasteiger partial charge in [0, 0.05) is 17.1 Å². The average Bonchev–Trinajstić information content (AvgIpc) is 2.83. The fraction of sp³-hybridized carbons (Fsp3) is 0.500. The first-order valence-electron chi connectivity index (χ1n) is 5.58. The molecule has 1 N–H and O–H groups in total. The number of nitrogens with one attached hydrogen (secondary N) is 1. The third-order valence-electron chi connectivity index (χ3n) is 3.41. The minimum Gasteiger partial charge on any atom is -0.379 e. The summed E-state index contributed by atoms with van der Waals surface area (Å²) in [6.07, 6.45) is 1.18. The summed E-state index contributed by atoms with van der Waals surface area (Å²) < 4.78 is 0.848. The molecule has 1 aliphatic carbocycles. The summed E-state index contributed by atoms with van der Waals surface area (Å²) in [6.45, 7) is 5.23. The van der Waals surface area contributed by atoms with Crippen LogP contribution in [0.25, 0.3) is 0 Å². The highest BCUT2D eigenvalue weighted by Gasteiger charge is 2.45. The van der Waals surface area contributed by atoms with Gasteiger partial charge in [0.05, 0.1) is 4.92 Å². The van der Waals surface area contributed by atoms with Crippen molar-refractivity contribution in [2.75, 3.05) is 11.9 Å². The average molecular weight is 299 g/mol. The Hall–Kier alpha value is -1.10. The van der Waals surface area contributed by atoms with E-state index in [1.165, 1.54) is 12.5 Å². The van der Waals surface area contributed by atoms with E-state index in [1.54, 1.807) is 12.1 Å². The second kappa shape index (κ2) is 4.29. The SMILES string of the molecule is CC1(C)CC1CNc1cc(Br)ccc1[N+](=O)[O-]. The Balaban J connectivity index is 2.09. The summed E-state index contributed by atoms with van der Waals surface area (Å²) in [5.41, 5.74) is 1.10. The molecule has 0 saturated heterocycles. The van der Waals surface area contributed by atoms with Gasteiger partial charge in [-0.1, -0.05) is 29.8 Å². The predicted octanol–water partition coefficient (Wildman–Crippen LogP) is 3.82. The first kappa shape index (κ1) is 12.4. The van der Waals surface area contributed by atoms with Crippen molar-refractivity contribution in [2.45, 2.75) is 20.3 Å². The van der Waals surface area contributed by atoms with E-state index in [9.17, 15) is 10.1 Å². The molecule has 1 aromatic rings. The number of nitro benzene ring substituents is 1. The number of hydrogen-bond donors (Lipinski definition) is 1. The smallest absolute Gasteiger partial charge is 0.292 e. The minimum atomic E-state index is -0.354. The maximum absolute atomic E-state index is 10.9. The van der Waals surface area contributed by atoms with Gasteiger partial charge >= 0.3 is 0 Å². The van der Waals surface area contributed by atoms with E-state index < -0.39 is 0 Å². The lowest BCUT2D eigenvalue weighted by atomic mass is 10.1. The van der Waals surface area contributed by atoms with Crippen LogP contribution in [0.3, 0.4) is 0 Å². The van der Waals surface area contributed by atoms with Gasteiger partial charge < -0.3 is 5.32 Å². The highest BCUT2D eigenvalue weighted by molar-refractivity contribution is 9.10. The van der Waals surface area contributed by atoms with Gasteiger partial charge in [-0.15, -0.1) is 0 Å². The lowest BCUT2D eigenvalue weighted by Gasteiger charge is -2.08. The molecule has 1 aromatic carbocycles. The molecular weight excluding hydrogens is 284 g/mol. The molecule has 0 bridgehead atoms. The van der Waals surface area contributed by atoms with Gasteiger partial charge in [-0.25, -0.2) is 0 Å². The van der Waals surface area contributed by atoms with Crippen LogP contribution in [0.5, 0.6) is 0 Å². The Morgan fingerprint density at radius 2 is 2.24 bits per heavy atom. The zero-order valence-electron chi connectivity index (χ0n) is 9.87. The van der Waals surface area contributed by atoms with E-state index in [4.69, 9.17) is 0 Å². The monoisotopic (exact) mass is 298 g/mol. The summed E-state index contributed by atoms with van der Waals surface area (Å²) in [5.74, 6) is 0.612. The largest absolute Gasteiger partial charge is 0.379 e. The first-order chi connectivity index (χ1) is 7.90. The molecule has 0 spiro atoms. The number of halogens is 1. The van der Waals surface area contributed by atoms with E-state index in [2.05, 4.69) is 35.1 Å². The van der Waals surface area contributed by atoms with Gasteiger partial charge in [0.2, 0.25) is 0 Å². The van der Waals surface area contributed by atoms with E-state index in [-0.39, 0.29) is 10.6 Å². The number of anilines is 1. The second-order valence-corrected chi connectivity index (χ2v) is 6.10. The van der Waals surface area contributed by atoms with Crippen molar-refractivity contribution in [3.63, 3.8) is 0 Å². The van der Waals surface area contributed by atoms with Gasteiger partial charge in [0.15, 0.2) is 0 Å². The maximum atomic E-state index is 10.9. The van der Waals surface area contributed by atoms with Gasteiger partial charge in [0.1, 0.15) is 5.69 Å². The van der Waals surface area contributed by atoms with E-state index in [0.29, 0.717) is 17.0 Å². The van der Waals surface area contributed by atoms with Crippen LogP contribution in [0.2, 0.25) is 0 Å². The van der Waals surface area contributed by atoms with Crippen LogP contribution in [0, 0.1) is 21.4 Å². The molecule has 1 unspecified atom stereocenters. The van der Waals surface area contributed by atoms with Crippen molar-refractivity contribution in [1.82, 2.24) is 0 Å². The molecular formula is C12H15BrN2O2. The van der Waals surface area contributed by atoms with E-state index in [0.717, 1.165) is 11.0 Å². The van der Waals surface area contributed by atoms with Crippen LogP contribution in [-0.2, 0) is 0 Å². The van der Waals surface area contributed by atoms with E-state index >= 15 is 0 Å². The van der Waals surface area contributed by atoms with Crippen molar-refractivity contribution < 1.29 is 4.92 Å². The van der Waals surface area contributed by atoms with E-state index in [1.807, 2.05) is 0 Å². The van der Waals surface area contributed by atoms with Crippen molar-refractivity contribution in [1.29, 1.82) is 0 Å². The quantitative estimate of drug-likeness (QED) is 0.679. The molecule has 1 aliphatic rings. The lowest BCUT2D eigenvalue weighted by molar-refractivity contribution is -0.384. The third kappa shape index (κ3) is 2.77. The van der Waals surface area contributed by atoms with Crippen LogP contribution in [-0.4, -0.2) is 11.5 Å². The summed E-state index contributed by atoms with van der Waals surface area (Å²) in [7, 11) is 0. The van der Waals surface area contributed by atoms with Gasteiger partial charge in [0.25, 0.3) is 5.69 Å². The molecule has 1 fully saturated rings. The molecule has 1 saturated carbocycles. The zero-order chi connectivity index (χ0) is 12.6. The van der Waals surface area contributed by atoms with Gasteiger partial charge in [-0.2, -0.15) is 0 Å². The van der Waals surface area contributed by atoms with Gasteiger partial charge in [-0.05, 0) is 29.9 Å². The number of benzene rings is 1. The minimum absolute atomic E-state index is 0.131. The molecule has 4 nitrogen and oxygen atoms in total. The summed E-state index contributed by atoms with van der Waals surface area (Å²) in [5, 5.41) is 14.1. The number of nitrogens with zero attached hydrogens (tertiary/aromatic N) is 1. The third-order valence-corrected chi connectivity index (χ3v) is 3.91. The number of rotatable bonds is 4. The van der Waals surface area contributed by atoms with Crippen molar-refractivity contribution in [3.8, 4) is 0 Å². The molecule has 0 aliphatic heterocycles. The van der Waals surface area contributed by atoms with Crippen molar-refractivity contribution in [3.05, 3.63) is 32.8 Å². The Kier molecular flexibility index (Phi) is 3.12. The molecule has 17 heavy (non-hydrogen) atoms. The Bertz CT molecular complexity index is 460. The Morgan fingerprint density at radius 1 is 1.59 bits per heavy atom. The van der Waals surface area contributed by atoms with Crippen LogP contribution in [0.4, 0.5) is 11.4 Å². The summed E-state index contributed by atoms with van der Waals surface area (Å²) in [6, 6.07) is 4.96. The molecule has 5 heteroatoms. The second-order valence-electron chi connectivity index (χ2n) is 5.19. The Morgan fingerprint density at radius 3 is 2.76 bits per heavy atom. The van der Waals surface area contributed by atoms with Crippen molar-refractivity contribution >= 4 is 27.3 Å². The van der Waals surface area contributed by atoms with Crippen molar-refractivity contribution in [2.24, 2.45) is 11.3 Å². The Labute approximate surface area is 109 Å². The highest BCUT2D eigenvalue weighted by atomic mass is 79.9. The summed E-state index contributed by atoms with van der Waals surface area (Å²) >= 11 is 3.33. The highest BCUT2D eigenvalue weighted by Crippen LogP contribution is 2.51. The topological polar surface area (TPSA) is 55.2 Å². The fourth-order valence-electron chi connectivity index (χ4n) is 1.97. The normalized spacial score (nSPS) is 21.0. The van der Waals surface area contributed by atoms with Crippen LogP contribution >= 0.6 is 15.9 Å². The van der Waals surface area contributed by atoms with Crippen LogP contribution in [0.15, 0.2) is 22.7 Å². The van der Waals surface area contributed by atoms with Crippen LogP contribution < -0.4 is 5.32 Å². The lowest BCUT2D eigenvalue weighted by Crippen LogP contribution is -2.08. The molecule has 0 radical (unpaired) electrons. The molecule has 92 valence electrons. The molecule has 0 amide bonds.